The number of benzene rings is 1. The van der Waals surface area contributed by atoms with Crippen LogP contribution in [0.3, 0.4) is 0 Å². The lowest BCUT2D eigenvalue weighted by molar-refractivity contribution is 0.102. The molecule has 8 heteroatoms. The lowest BCUT2D eigenvalue weighted by atomic mass is 10.1. The second kappa shape index (κ2) is 5.87. The number of nitrogens with two attached hydrogens (primary N) is 1. The number of carbonyl (C=O) groups is 1. The molecule has 1 aromatic heterocycles. The van der Waals surface area contributed by atoms with Crippen molar-refractivity contribution in [1.82, 2.24) is 10.2 Å². The summed E-state index contributed by atoms with van der Waals surface area (Å²) < 4.78 is 0. The summed E-state index contributed by atoms with van der Waals surface area (Å²) in [5.41, 5.74) is 6.78. The van der Waals surface area contributed by atoms with Gasteiger partial charge in [0.2, 0.25) is 0 Å². The first-order chi connectivity index (χ1) is 10.0. The number of hydrogen-bond donors (Lipinski definition) is 4. The first-order valence-electron chi connectivity index (χ1n) is 5.97. The minimum Gasteiger partial charge on any atom is -0.409 e. The van der Waals surface area contributed by atoms with Crippen molar-refractivity contribution in [3.05, 3.63) is 57.5 Å². The molecule has 0 spiro atoms. The number of hydrogen-bond acceptors (Lipinski definition) is 5. The van der Waals surface area contributed by atoms with Crippen LogP contribution in [0.5, 0.6) is 0 Å². The summed E-state index contributed by atoms with van der Waals surface area (Å²) in [6.07, 6.45) is 0. The molecule has 0 aliphatic heterocycles. The fraction of sp³-hybridized carbons (Fsp3) is 0.0769. The highest BCUT2D eigenvalue weighted by atomic mass is 16.4. The van der Waals surface area contributed by atoms with Crippen LogP contribution in [0.4, 0.5) is 5.69 Å². The minimum atomic E-state index is -0.524. The standard InChI is InChI=1S/C13H13N5O3/c1-7-3-2-4-8(11(7)12(14)18-21)15-13(20)9-5-6-10(19)17-16-9/h2-6,21H,1H3,(H2,14,18)(H,15,20)(H,17,19). The van der Waals surface area contributed by atoms with Crippen LogP contribution in [0.2, 0.25) is 0 Å². The van der Waals surface area contributed by atoms with E-state index in [2.05, 4.69) is 20.7 Å². The number of aryl methyl sites for hydroxylation is 1. The van der Waals surface area contributed by atoms with Crippen LogP contribution in [-0.4, -0.2) is 27.1 Å². The van der Waals surface area contributed by atoms with Gasteiger partial charge in [0.25, 0.3) is 11.5 Å². The summed E-state index contributed by atoms with van der Waals surface area (Å²) in [4.78, 5) is 23.0. The van der Waals surface area contributed by atoms with Gasteiger partial charge in [-0.1, -0.05) is 17.3 Å². The zero-order valence-electron chi connectivity index (χ0n) is 11.1. The second-order valence-electron chi connectivity index (χ2n) is 4.24. The van der Waals surface area contributed by atoms with E-state index in [1.807, 2.05) is 0 Å². The van der Waals surface area contributed by atoms with Crippen molar-refractivity contribution in [3.8, 4) is 0 Å². The lowest BCUT2D eigenvalue weighted by Crippen LogP contribution is -2.22. The zero-order valence-corrected chi connectivity index (χ0v) is 11.1. The van der Waals surface area contributed by atoms with Crippen molar-refractivity contribution in [1.29, 1.82) is 0 Å². The average Bonchev–Trinajstić information content (AvgIpc) is 2.47. The number of amidine groups is 1. The normalized spacial score (nSPS) is 11.2. The predicted molar refractivity (Wildman–Crippen MR) is 76.5 cm³/mol. The molecule has 1 heterocycles. The number of carbonyl (C=O) groups excluding carboxylic acids is 1. The quantitative estimate of drug-likeness (QED) is 0.281. The Morgan fingerprint density at radius 2 is 2.14 bits per heavy atom. The van der Waals surface area contributed by atoms with Gasteiger partial charge >= 0.3 is 0 Å². The number of aromatic amines is 1. The van der Waals surface area contributed by atoms with Crippen molar-refractivity contribution in [2.75, 3.05) is 5.32 Å². The van der Waals surface area contributed by atoms with Gasteiger partial charge in [-0.3, -0.25) is 9.59 Å². The van der Waals surface area contributed by atoms with E-state index in [1.165, 1.54) is 12.1 Å². The minimum absolute atomic E-state index is 0.0431. The smallest absolute Gasteiger partial charge is 0.276 e. The van der Waals surface area contributed by atoms with E-state index in [9.17, 15) is 9.59 Å². The van der Waals surface area contributed by atoms with E-state index in [0.29, 0.717) is 11.3 Å². The van der Waals surface area contributed by atoms with Gasteiger partial charge in [-0.05, 0) is 24.6 Å². The maximum Gasteiger partial charge on any atom is 0.276 e. The van der Waals surface area contributed by atoms with E-state index < -0.39 is 11.5 Å². The predicted octanol–water partition coefficient (Wildman–Crippen LogP) is 0.425. The molecule has 0 aliphatic carbocycles. The topological polar surface area (TPSA) is 133 Å². The summed E-state index contributed by atoms with van der Waals surface area (Å²) in [6.45, 7) is 1.77. The van der Waals surface area contributed by atoms with Crippen molar-refractivity contribution in [3.63, 3.8) is 0 Å². The number of amides is 1. The van der Waals surface area contributed by atoms with Gasteiger partial charge in [0.05, 0.1) is 5.69 Å². The summed E-state index contributed by atoms with van der Waals surface area (Å²) in [5.74, 6) is -0.637. The molecule has 2 aromatic rings. The van der Waals surface area contributed by atoms with Crippen LogP contribution in [-0.2, 0) is 0 Å². The van der Waals surface area contributed by atoms with E-state index in [-0.39, 0.29) is 11.5 Å². The number of nitrogens with zero attached hydrogens (tertiary/aromatic N) is 2. The molecule has 2 rings (SSSR count). The Kier molecular flexibility index (Phi) is 3.98. The number of aromatic nitrogens is 2. The van der Waals surface area contributed by atoms with E-state index >= 15 is 0 Å². The maximum absolute atomic E-state index is 12.1. The van der Waals surface area contributed by atoms with Gasteiger partial charge in [-0.25, -0.2) is 5.10 Å². The fourth-order valence-corrected chi connectivity index (χ4v) is 1.82. The number of anilines is 1. The molecule has 0 atom stereocenters. The van der Waals surface area contributed by atoms with Gasteiger partial charge < -0.3 is 16.3 Å². The van der Waals surface area contributed by atoms with Gasteiger partial charge in [-0.2, -0.15) is 5.10 Å². The summed E-state index contributed by atoms with van der Waals surface area (Å²) in [7, 11) is 0. The summed E-state index contributed by atoms with van der Waals surface area (Å²) in [6, 6.07) is 7.60. The largest absolute Gasteiger partial charge is 0.409 e. The monoisotopic (exact) mass is 287 g/mol. The van der Waals surface area contributed by atoms with Gasteiger partial charge in [-0.15, -0.1) is 0 Å². The highest BCUT2D eigenvalue weighted by molar-refractivity contribution is 6.09. The fourth-order valence-electron chi connectivity index (χ4n) is 1.82. The van der Waals surface area contributed by atoms with Crippen LogP contribution in [0.15, 0.2) is 40.3 Å². The highest BCUT2D eigenvalue weighted by Gasteiger charge is 2.14. The molecule has 8 nitrogen and oxygen atoms in total. The van der Waals surface area contributed by atoms with Gasteiger partial charge in [0.15, 0.2) is 5.84 Å². The Hall–Kier alpha value is -3.16. The SMILES string of the molecule is Cc1cccc(NC(=O)c2ccc(=O)[nH]n2)c1/C(N)=N/O. The maximum atomic E-state index is 12.1. The number of nitrogens with one attached hydrogen (secondary N) is 2. The first kappa shape index (κ1) is 14.3. The Labute approximate surface area is 119 Å². The molecule has 5 N–H and O–H groups in total. The molecule has 0 fully saturated rings. The molecule has 108 valence electrons. The molecule has 0 aliphatic rings. The van der Waals surface area contributed by atoms with Crippen LogP contribution >= 0.6 is 0 Å². The Bertz CT molecular complexity index is 746. The molecule has 1 aromatic carbocycles. The van der Waals surface area contributed by atoms with Crippen LogP contribution in [0, 0.1) is 6.92 Å². The number of oxime groups is 1. The Balaban J connectivity index is 2.36. The number of rotatable bonds is 3. The molecule has 1 amide bonds. The highest BCUT2D eigenvalue weighted by Crippen LogP contribution is 2.19. The van der Waals surface area contributed by atoms with Crippen LogP contribution in [0.1, 0.15) is 21.6 Å². The summed E-state index contributed by atoms with van der Waals surface area (Å²) in [5, 5.41) is 20.2. The van der Waals surface area contributed by atoms with Crippen molar-refractivity contribution in [2.45, 2.75) is 6.92 Å². The average molecular weight is 287 g/mol. The molecule has 0 saturated carbocycles. The van der Waals surface area contributed by atoms with Crippen molar-refractivity contribution in [2.24, 2.45) is 10.9 Å². The lowest BCUT2D eigenvalue weighted by Gasteiger charge is -2.12. The molecule has 0 bridgehead atoms. The van der Waals surface area contributed by atoms with Crippen molar-refractivity contribution < 1.29 is 10.0 Å². The van der Waals surface area contributed by atoms with E-state index in [0.717, 1.165) is 5.56 Å². The van der Waals surface area contributed by atoms with E-state index in [1.54, 1.807) is 25.1 Å². The van der Waals surface area contributed by atoms with Gasteiger partial charge in [0, 0.05) is 11.6 Å². The third-order valence-corrected chi connectivity index (χ3v) is 2.80. The summed E-state index contributed by atoms with van der Waals surface area (Å²) >= 11 is 0. The Morgan fingerprint density at radius 3 is 2.76 bits per heavy atom. The second-order valence-corrected chi connectivity index (χ2v) is 4.24. The van der Waals surface area contributed by atoms with Gasteiger partial charge in [0.1, 0.15) is 5.69 Å². The Morgan fingerprint density at radius 1 is 1.38 bits per heavy atom. The molecule has 0 saturated heterocycles. The molecule has 21 heavy (non-hydrogen) atoms. The zero-order chi connectivity index (χ0) is 15.4. The van der Waals surface area contributed by atoms with Crippen LogP contribution in [0.25, 0.3) is 0 Å². The molecular formula is C13H13N5O3. The third-order valence-electron chi connectivity index (χ3n) is 2.80. The number of H-pyrrole nitrogens is 1. The molecule has 0 unspecified atom stereocenters. The molecule has 0 radical (unpaired) electrons. The van der Waals surface area contributed by atoms with Crippen molar-refractivity contribution >= 4 is 17.4 Å². The molecular weight excluding hydrogens is 274 g/mol. The first-order valence-corrected chi connectivity index (χ1v) is 5.97. The third kappa shape index (κ3) is 3.06. The van der Waals surface area contributed by atoms with Crippen LogP contribution < -0.4 is 16.6 Å². The van der Waals surface area contributed by atoms with E-state index in [4.69, 9.17) is 10.9 Å².